The molecular formula is C13H8ClFINO. The molecule has 0 saturated heterocycles. The molecule has 2 aromatic carbocycles. The maximum atomic E-state index is 13.0. The summed E-state index contributed by atoms with van der Waals surface area (Å²) in [6.45, 7) is 0. The van der Waals surface area contributed by atoms with Crippen LogP contribution in [0.1, 0.15) is 10.4 Å². The predicted octanol–water partition coefficient (Wildman–Crippen LogP) is 4.34. The monoisotopic (exact) mass is 375 g/mol. The van der Waals surface area contributed by atoms with Crippen molar-refractivity contribution in [3.05, 3.63) is 62.4 Å². The molecular weight excluding hydrogens is 368 g/mol. The van der Waals surface area contributed by atoms with Gasteiger partial charge in [-0.3, -0.25) is 4.79 Å². The van der Waals surface area contributed by atoms with Gasteiger partial charge in [-0.2, -0.15) is 0 Å². The minimum absolute atomic E-state index is 0.312. The number of halogens is 3. The summed E-state index contributed by atoms with van der Waals surface area (Å²) < 4.78 is 13.8. The molecule has 5 heteroatoms. The van der Waals surface area contributed by atoms with Crippen LogP contribution in [0.5, 0.6) is 0 Å². The number of benzene rings is 2. The fourth-order valence-electron chi connectivity index (χ4n) is 1.44. The lowest BCUT2D eigenvalue weighted by molar-refractivity contribution is 0.102. The van der Waals surface area contributed by atoms with Gasteiger partial charge in [0.25, 0.3) is 5.91 Å². The van der Waals surface area contributed by atoms with Gasteiger partial charge in [0.2, 0.25) is 0 Å². The highest BCUT2D eigenvalue weighted by molar-refractivity contribution is 14.1. The smallest absolute Gasteiger partial charge is 0.256 e. The molecule has 2 aromatic rings. The molecule has 92 valence electrons. The quantitative estimate of drug-likeness (QED) is 0.778. The Kier molecular flexibility index (Phi) is 4.19. The summed E-state index contributed by atoms with van der Waals surface area (Å²) in [4.78, 5) is 12.0. The highest BCUT2D eigenvalue weighted by atomic mass is 127. The highest BCUT2D eigenvalue weighted by Gasteiger charge is 2.11. The molecule has 0 bridgehead atoms. The van der Waals surface area contributed by atoms with E-state index in [0.717, 1.165) is 3.57 Å². The zero-order valence-electron chi connectivity index (χ0n) is 9.08. The Bertz CT molecular complexity index is 603. The molecule has 0 aliphatic rings. The maximum absolute atomic E-state index is 13.0. The number of hydrogen-bond acceptors (Lipinski definition) is 1. The van der Waals surface area contributed by atoms with Crippen LogP contribution in [-0.4, -0.2) is 5.91 Å². The molecule has 1 amide bonds. The summed E-state index contributed by atoms with van der Waals surface area (Å²) in [7, 11) is 0. The van der Waals surface area contributed by atoms with Crippen molar-refractivity contribution in [2.24, 2.45) is 0 Å². The van der Waals surface area contributed by atoms with Crippen molar-refractivity contribution in [3.63, 3.8) is 0 Å². The van der Waals surface area contributed by atoms with E-state index in [1.54, 1.807) is 24.3 Å². The van der Waals surface area contributed by atoms with Crippen LogP contribution in [0.3, 0.4) is 0 Å². The first-order chi connectivity index (χ1) is 8.56. The minimum atomic E-state index is -0.395. The van der Waals surface area contributed by atoms with Crippen molar-refractivity contribution >= 4 is 45.8 Å². The lowest BCUT2D eigenvalue weighted by Crippen LogP contribution is -2.13. The van der Waals surface area contributed by atoms with Gasteiger partial charge in [0.1, 0.15) is 5.82 Å². The van der Waals surface area contributed by atoms with Gasteiger partial charge in [0, 0.05) is 14.3 Å². The molecule has 0 saturated carbocycles. The van der Waals surface area contributed by atoms with Gasteiger partial charge in [-0.15, -0.1) is 0 Å². The predicted molar refractivity (Wildman–Crippen MR) is 78.5 cm³/mol. The van der Waals surface area contributed by atoms with Crippen molar-refractivity contribution < 1.29 is 9.18 Å². The van der Waals surface area contributed by atoms with Crippen LogP contribution in [-0.2, 0) is 0 Å². The second-order valence-electron chi connectivity index (χ2n) is 3.59. The fourth-order valence-corrected chi connectivity index (χ4v) is 2.19. The minimum Gasteiger partial charge on any atom is -0.322 e. The third-order valence-electron chi connectivity index (χ3n) is 2.26. The van der Waals surface area contributed by atoms with Crippen molar-refractivity contribution in [1.29, 1.82) is 0 Å². The molecule has 0 aliphatic carbocycles. The van der Waals surface area contributed by atoms with Gasteiger partial charge in [0.15, 0.2) is 0 Å². The SMILES string of the molecule is O=C(Nc1cccc(F)c1)c1cc(Cl)ccc1I. The van der Waals surface area contributed by atoms with Gasteiger partial charge in [0.05, 0.1) is 5.56 Å². The fraction of sp³-hybridized carbons (Fsp3) is 0. The third-order valence-corrected chi connectivity index (χ3v) is 3.43. The Morgan fingerprint density at radius 2 is 2.00 bits per heavy atom. The summed E-state index contributed by atoms with van der Waals surface area (Å²) in [5, 5.41) is 3.11. The normalized spacial score (nSPS) is 10.2. The molecule has 0 aromatic heterocycles. The number of carbonyl (C=O) groups is 1. The Morgan fingerprint density at radius 3 is 2.72 bits per heavy atom. The highest BCUT2D eigenvalue weighted by Crippen LogP contribution is 2.19. The standard InChI is InChI=1S/C13H8ClFINO/c14-8-4-5-12(16)11(6-8)13(18)17-10-3-1-2-9(15)7-10/h1-7H,(H,17,18). The molecule has 0 radical (unpaired) electrons. The maximum Gasteiger partial charge on any atom is 0.256 e. The first-order valence-corrected chi connectivity index (χ1v) is 6.54. The van der Waals surface area contributed by atoms with Crippen molar-refractivity contribution in [2.75, 3.05) is 5.32 Å². The van der Waals surface area contributed by atoms with Crippen LogP contribution in [0, 0.1) is 9.39 Å². The van der Waals surface area contributed by atoms with Gasteiger partial charge >= 0.3 is 0 Å². The topological polar surface area (TPSA) is 29.1 Å². The first-order valence-electron chi connectivity index (χ1n) is 5.08. The van der Waals surface area contributed by atoms with Crippen LogP contribution in [0.4, 0.5) is 10.1 Å². The second kappa shape index (κ2) is 5.67. The third kappa shape index (κ3) is 3.20. The number of carbonyl (C=O) groups excluding carboxylic acids is 1. The van der Waals surface area contributed by atoms with E-state index in [1.165, 1.54) is 18.2 Å². The average molecular weight is 376 g/mol. The van der Waals surface area contributed by atoms with E-state index in [4.69, 9.17) is 11.6 Å². The van der Waals surface area contributed by atoms with Gasteiger partial charge in [-0.1, -0.05) is 17.7 Å². The lowest BCUT2D eigenvalue weighted by Gasteiger charge is -2.07. The number of anilines is 1. The van der Waals surface area contributed by atoms with Crippen molar-refractivity contribution in [2.45, 2.75) is 0 Å². The second-order valence-corrected chi connectivity index (χ2v) is 5.19. The molecule has 2 rings (SSSR count). The van der Waals surface area contributed by atoms with E-state index in [0.29, 0.717) is 16.3 Å². The number of amides is 1. The largest absolute Gasteiger partial charge is 0.322 e. The lowest BCUT2D eigenvalue weighted by atomic mass is 10.2. The van der Waals surface area contributed by atoms with Crippen molar-refractivity contribution in [1.82, 2.24) is 0 Å². The van der Waals surface area contributed by atoms with Crippen LogP contribution in [0.15, 0.2) is 42.5 Å². The van der Waals surface area contributed by atoms with Crippen LogP contribution >= 0.6 is 34.2 Å². The Labute approximate surface area is 122 Å². The van der Waals surface area contributed by atoms with E-state index < -0.39 is 5.82 Å². The van der Waals surface area contributed by atoms with Gasteiger partial charge < -0.3 is 5.32 Å². The Morgan fingerprint density at radius 1 is 1.22 bits per heavy atom. The Balaban J connectivity index is 2.24. The van der Waals surface area contributed by atoms with Crippen LogP contribution in [0.25, 0.3) is 0 Å². The molecule has 0 unspecified atom stereocenters. The van der Waals surface area contributed by atoms with E-state index >= 15 is 0 Å². The van der Waals surface area contributed by atoms with E-state index in [-0.39, 0.29) is 5.91 Å². The summed E-state index contributed by atoms with van der Waals surface area (Å²) in [5.74, 6) is -0.707. The first kappa shape index (κ1) is 13.3. The van der Waals surface area contributed by atoms with E-state index in [9.17, 15) is 9.18 Å². The molecule has 1 N–H and O–H groups in total. The van der Waals surface area contributed by atoms with Gasteiger partial charge in [-0.25, -0.2) is 4.39 Å². The molecule has 0 heterocycles. The molecule has 0 aliphatic heterocycles. The van der Waals surface area contributed by atoms with Crippen LogP contribution < -0.4 is 5.32 Å². The summed E-state index contributed by atoms with van der Waals surface area (Å²) >= 11 is 7.89. The van der Waals surface area contributed by atoms with E-state index in [2.05, 4.69) is 5.32 Å². The zero-order chi connectivity index (χ0) is 13.1. The summed E-state index contributed by atoms with van der Waals surface area (Å²) in [6, 6.07) is 10.8. The Hall–Kier alpha value is -1.14. The average Bonchev–Trinajstić information content (AvgIpc) is 2.32. The van der Waals surface area contributed by atoms with Crippen LogP contribution in [0.2, 0.25) is 5.02 Å². The molecule has 18 heavy (non-hydrogen) atoms. The molecule has 0 atom stereocenters. The zero-order valence-corrected chi connectivity index (χ0v) is 12.0. The molecule has 0 fully saturated rings. The number of nitrogens with one attached hydrogen (secondary N) is 1. The number of rotatable bonds is 2. The number of hydrogen-bond donors (Lipinski definition) is 1. The van der Waals surface area contributed by atoms with Gasteiger partial charge in [-0.05, 0) is 59.0 Å². The van der Waals surface area contributed by atoms with E-state index in [1.807, 2.05) is 22.6 Å². The molecule has 0 spiro atoms. The molecule has 2 nitrogen and oxygen atoms in total. The van der Waals surface area contributed by atoms with Crippen molar-refractivity contribution in [3.8, 4) is 0 Å². The summed E-state index contributed by atoms with van der Waals surface area (Å²) in [5.41, 5.74) is 0.878. The summed E-state index contributed by atoms with van der Waals surface area (Å²) in [6.07, 6.45) is 0.